The van der Waals surface area contributed by atoms with Gasteiger partial charge in [0.2, 0.25) is 0 Å². The third-order valence-electron chi connectivity index (χ3n) is 3.99. The molecule has 1 aromatic heterocycles. The van der Waals surface area contributed by atoms with Crippen LogP contribution < -0.4 is 0 Å². The topological polar surface area (TPSA) is 34.5 Å². The lowest BCUT2D eigenvalue weighted by Crippen LogP contribution is -2.36. The van der Waals surface area contributed by atoms with E-state index in [0.29, 0.717) is 13.1 Å². The number of hydrogen-bond acceptors (Lipinski definition) is 2. The molecule has 1 aliphatic heterocycles. The van der Waals surface area contributed by atoms with Gasteiger partial charge in [0.05, 0.1) is 19.2 Å². The Kier molecular flexibility index (Phi) is 3.80. The predicted octanol–water partition coefficient (Wildman–Crippen LogP) is 2.47. The molecule has 0 N–H and O–H groups in total. The summed E-state index contributed by atoms with van der Waals surface area (Å²) in [7, 11) is 1.70. The fourth-order valence-corrected chi connectivity index (χ4v) is 2.82. The molecule has 21 heavy (non-hydrogen) atoms. The predicted molar refractivity (Wildman–Crippen MR) is 81.1 cm³/mol. The lowest BCUT2D eigenvalue weighted by atomic mass is 10.1. The summed E-state index contributed by atoms with van der Waals surface area (Å²) in [6.07, 6.45) is 2.06. The number of carbonyl (C=O) groups excluding carboxylic acids is 1. The Morgan fingerprint density at radius 2 is 2.10 bits per heavy atom. The van der Waals surface area contributed by atoms with E-state index in [1.807, 2.05) is 48.4 Å². The van der Waals surface area contributed by atoms with E-state index in [1.165, 1.54) is 0 Å². The number of fused-ring (bicyclic) bond motifs is 1. The molecule has 2 aromatic rings. The largest absolute Gasteiger partial charge is 0.378 e. The Balaban J connectivity index is 1.88. The van der Waals surface area contributed by atoms with Crippen molar-refractivity contribution in [1.29, 1.82) is 0 Å². The van der Waals surface area contributed by atoms with E-state index in [-0.39, 0.29) is 12.0 Å². The van der Waals surface area contributed by atoms with Crippen LogP contribution in [-0.4, -0.2) is 35.1 Å². The van der Waals surface area contributed by atoms with Crippen LogP contribution in [0.5, 0.6) is 0 Å². The van der Waals surface area contributed by atoms with Gasteiger partial charge in [0.15, 0.2) is 0 Å². The molecule has 0 fully saturated rings. The molecular formula is C17H20N2O2. The van der Waals surface area contributed by atoms with Crippen LogP contribution in [0.1, 0.15) is 21.6 Å². The molecule has 0 bridgehead atoms. The van der Waals surface area contributed by atoms with E-state index >= 15 is 0 Å². The van der Waals surface area contributed by atoms with Crippen LogP contribution in [0.2, 0.25) is 0 Å². The summed E-state index contributed by atoms with van der Waals surface area (Å²) in [4.78, 5) is 14.6. The lowest BCUT2D eigenvalue weighted by Gasteiger charge is -2.23. The standard InChI is InChI=1S/C17H20N2O2/c1-13-5-3-6-14(9-13)17(20)19-10-15-7-4-8-18(15)11-16(12-19)21-2/h3-9,16H,10-12H2,1-2H3. The van der Waals surface area contributed by atoms with Crippen LogP contribution in [0.4, 0.5) is 0 Å². The molecule has 4 heteroatoms. The van der Waals surface area contributed by atoms with Crippen LogP contribution in [0.3, 0.4) is 0 Å². The number of amides is 1. The number of aromatic nitrogens is 1. The van der Waals surface area contributed by atoms with Gasteiger partial charge >= 0.3 is 0 Å². The second-order valence-electron chi connectivity index (χ2n) is 5.56. The zero-order chi connectivity index (χ0) is 14.8. The molecule has 2 heterocycles. The van der Waals surface area contributed by atoms with Crippen molar-refractivity contribution in [2.75, 3.05) is 13.7 Å². The number of methoxy groups -OCH3 is 1. The van der Waals surface area contributed by atoms with Crippen LogP contribution in [0.25, 0.3) is 0 Å². The minimum Gasteiger partial charge on any atom is -0.378 e. The number of aryl methyl sites for hydroxylation is 1. The summed E-state index contributed by atoms with van der Waals surface area (Å²) in [6, 6.07) is 11.8. The fraction of sp³-hybridized carbons (Fsp3) is 0.353. The van der Waals surface area contributed by atoms with Crippen molar-refractivity contribution < 1.29 is 9.53 Å². The Bertz CT molecular complexity index is 648. The molecule has 3 rings (SSSR count). The number of carbonyl (C=O) groups is 1. The Morgan fingerprint density at radius 1 is 1.24 bits per heavy atom. The zero-order valence-corrected chi connectivity index (χ0v) is 12.5. The first kappa shape index (κ1) is 13.9. The molecule has 1 aromatic carbocycles. The van der Waals surface area contributed by atoms with Crippen molar-refractivity contribution in [1.82, 2.24) is 9.47 Å². The van der Waals surface area contributed by atoms with Crippen LogP contribution >= 0.6 is 0 Å². The van der Waals surface area contributed by atoms with E-state index in [0.717, 1.165) is 23.4 Å². The number of hydrogen-bond donors (Lipinski definition) is 0. The van der Waals surface area contributed by atoms with E-state index < -0.39 is 0 Å². The first-order valence-electron chi connectivity index (χ1n) is 7.20. The first-order chi connectivity index (χ1) is 10.2. The van der Waals surface area contributed by atoms with E-state index in [2.05, 4.69) is 10.6 Å². The maximum Gasteiger partial charge on any atom is 0.254 e. The highest BCUT2D eigenvalue weighted by Crippen LogP contribution is 2.18. The van der Waals surface area contributed by atoms with Gasteiger partial charge in [0.1, 0.15) is 0 Å². The lowest BCUT2D eigenvalue weighted by molar-refractivity contribution is 0.0459. The van der Waals surface area contributed by atoms with Crippen LogP contribution in [0.15, 0.2) is 42.6 Å². The van der Waals surface area contributed by atoms with Crippen molar-refractivity contribution in [3.05, 3.63) is 59.4 Å². The van der Waals surface area contributed by atoms with Gasteiger partial charge in [0.25, 0.3) is 5.91 Å². The highest BCUT2D eigenvalue weighted by molar-refractivity contribution is 5.94. The van der Waals surface area contributed by atoms with Gasteiger partial charge in [-0.3, -0.25) is 4.79 Å². The molecule has 1 atom stereocenters. The van der Waals surface area contributed by atoms with Gasteiger partial charge in [-0.05, 0) is 31.2 Å². The van der Waals surface area contributed by atoms with Gasteiger partial charge in [0, 0.05) is 31.1 Å². The molecular weight excluding hydrogens is 264 g/mol. The van der Waals surface area contributed by atoms with Gasteiger partial charge < -0.3 is 14.2 Å². The van der Waals surface area contributed by atoms with E-state index in [4.69, 9.17) is 4.74 Å². The van der Waals surface area contributed by atoms with E-state index in [9.17, 15) is 4.79 Å². The zero-order valence-electron chi connectivity index (χ0n) is 12.5. The third-order valence-corrected chi connectivity index (χ3v) is 3.99. The number of nitrogens with zero attached hydrogens (tertiary/aromatic N) is 2. The monoisotopic (exact) mass is 284 g/mol. The maximum atomic E-state index is 12.8. The number of ether oxygens (including phenoxy) is 1. The van der Waals surface area contributed by atoms with Gasteiger partial charge in [-0.15, -0.1) is 0 Å². The van der Waals surface area contributed by atoms with Gasteiger partial charge in [-0.2, -0.15) is 0 Å². The average molecular weight is 284 g/mol. The van der Waals surface area contributed by atoms with Gasteiger partial charge in [-0.1, -0.05) is 17.7 Å². The normalized spacial score (nSPS) is 18.2. The molecule has 0 saturated carbocycles. The summed E-state index contributed by atoms with van der Waals surface area (Å²) in [6.45, 7) is 4.03. The Labute approximate surface area is 124 Å². The maximum absolute atomic E-state index is 12.8. The molecule has 0 radical (unpaired) electrons. The second kappa shape index (κ2) is 5.74. The summed E-state index contributed by atoms with van der Waals surface area (Å²) in [5.41, 5.74) is 2.99. The Morgan fingerprint density at radius 3 is 2.86 bits per heavy atom. The molecule has 4 nitrogen and oxygen atoms in total. The highest BCUT2D eigenvalue weighted by Gasteiger charge is 2.25. The number of rotatable bonds is 2. The summed E-state index contributed by atoms with van der Waals surface area (Å²) in [5.74, 6) is 0.0652. The smallest absolute Gasteiger partial charge is 0.254 e. The molecule has 0 saturated heterocycles. The molecule has 1 amide bonds. The summed E-state index contributed by atoms with van der Waals surface area (Å²) in [5, 5.41) is 0. The minimum absolute atomic E-state index is 0.0207. The van der Waals surface area contributed by atoms with Crippen molar-refractivity contribution >= 4 is 5.91 Å². The fourth-order valence-electron chi connectivity index (χ4n) is 2.82. The second-order valence-corrected chi connectivity index (χ2v) is 5.56. The van der Waals surface area contributed by atoms with Crippen molar-refractivity contribution in [3.8, 4) is 0 Å². The molecule has 0 spiro atoms. The SMILES string of the molecule is COC1CN(C(=O)c2cccc(C)c2)Cc2cccn2C1. The molecule has 1 aliphatic rings. The van der Waals surface area contributed by atoms with Crippen LogP contribution in [-0.2, 0) is 17.8 Å². The molecule has 0 aliphatic carbocycles. The van der Waals surface area contributed by atoms with E-state index in [1.54, 1.807) is 7.11 Å². The average Bonchev–Trinajstić information content (AvgIpc) is 2.84. The highest BCUT2D eigenvalue weighted by atomic mass is 16.5. The Hall–Kier alpha value is -2.07. The number of benzene rings is 1. The third kappa shape index (κ3) is 2.85. The van der Waals surface area contributed by atoms with Crippen LogP contribution in [0, 0.1) is 6.92 Å². The summed E-state index contributed by atoms with van der Waals surface area (Å²) < 4.78 is 7.69. The summed E-state index contributed by atoms with van der Waals surface area (Å²) >= 11 is 0. The quantitative estimate of drug-likeness (QED) is 0.849. The minimum atomic E-state index is 0.0207. The molecule has 1 unspecified atom stereocenters. The van der Waals surface area contributed by atoms with Crippen molar-refractivity contribution in [3.63, 3.8) is 0 Å². The van der Waals surface area contributed by atoms with Gasteiger partial charge in [-0.25, -0.2) is 0 Å². The molecule has 110 valence electrons. The first-order valence-corrected chi connectivity index (χ1v) is 7.20. The van der Waals surface area contributed by atoms with Crippen molar-refractivity contribution in [2.24, 2.45) is 0 Å². The van der Waals surface area contributed by atoms with Crippen molar-refractivity contribution in [2.45, 2.75) is 26.1 Å².